The van der Waals surface area contributed by atoms with Gasteiger partial charge in [0.15, 0.2) is 0 Å². The quantitative estimate of drug-likeness (QED) is 0.843. The number of hydrogen-bond acceptors (Lipinski definition) is 3. The maximum atomic E-state index is 11.7. The summed E-state index contributed by atoms with van der Waals surface area (Å²) in [6, 6.07) is 7.64. The molecular formula is C13H16N2O3. The van der Waals surface area contributed by atoms with Crippen molar-refractivity contribution < 1.29 is 14.3 Å². The van der Waals surface area contributed by atoms with Crippen molar-refractivity contribution in [3.05, 3.63) is 29.8 Å². The minimum atomic E-state index is -0.473. The van der Waals surface area contributed by atoms with E-state index in [1.54, 1.807) is 7.11 Å². The van der Waals surface area contributed by atoms with Crippen LogP contribution < -0.4 is 10.5 Å². The number of rotatable bonds is 4. The van der Waals surface area contributed by atoms with Gasteiger partial charge in [-0.05, 0) is 17.7 Å². The van der Waals surface area contributed by atoms with E-state index in [1.165, 1.54) is 4.90 Å². The van der Waals surface area contributed by atoms with Crippen LogP contribution in [0.25, 0.3) is 0 Å². The number of nitrogens with two attached hydrogens (primary N) is 1. The molecular weight excluding hydrogens is 232 g/mol. The molecule has 1 aromatic rings. The lowest BCUT2D eigenvalue weighted by molar-refractivity contribution is -0.132. The lowest BCUT2D eigenvalue weighted by Crippen LogP contribution is -2.34. The summed E-state index contributed by atoms with van der Waals surface area (Å²) in [4.78, 5) is 24.1. The van der Waals surface area contributed by atoms with Crippen LogP contribution >= 0.6 is 0 Å². The number of nitrogens with zero attached hydrogens (tertiary/aromatic N) is 1. The summed E-state index contributed by atoms with van der Waals surface area (Å²) in [6.45, 7) is 0.555. The first kappa shape index (κ1) is 12.4. The summed E-state index contributed by atoms with van der Waals surface area (Å²) in [6.07, 6.45) is 0.430. The van der Waals surface area contributed by atoms with Crippen LogP contribution in [0.1, 0.15) is 17.9 Å². The van der Waals surface area contributed by atoms with Crippen molar-refractivity contribution in [2.45, 2.75) is 12.3 Å². The lowest BCUT2D eigenvalue weighted by atomic mass is 9.98. The first-order chi connectivity index (χ1) is 8.60. The highest BCUT2D eigenvalue weighted by molar-refractivity contribution is 5.85. The maximum Gasteiger partial charge on any atom is 0.237 e. The molecule has 5 heteroatoms. The van der Waals surface area contributed by atoms with Crippen LogP contribution in [0.4, 0.5) is 0 Å². The zero-order valence-corrected chi connectivity index (χ0v) is 10.3. The summed E-state index contributed by atoms with van der Waals surface area (Å²) >= 11 is 0. The fourth-order valence-corrected chi connectivity index (χ4v) is 2.21. The number of hydrogen-bond donors (Lipinski definition) is 1. The summed E-state index contributed by atoms with van der Waals surface area (Å²) in [5.41, 5.74) is 6.19. The van der Waals surface area contributed by atoms with Crippen molar-refractivity contribution in [1.29, 1.82) is 0 Å². The fraction of sp³-hybridized carbons (Fsp3) is 0.385. The molecule has 5 nitrogen and oxygen atoms in total. The second-order valence-electron chi connectivity index (χ2n) is 4.41. The van der Waals surface area contributed by atoms with Crippen LogP contribution in [0.2, 0.25) is 0 Å². The number of carbonyl (C=O) groups is 2. The molecule has 0 aromatic heterocycles. The Morgan fingerprint density at radius 2 is 2.11 bits per heavy atom. The number of ether oxygens (including phenoxy) is 1. The number of methoxy groups -OCH3 is 1. The van der Waals surface area contributed by atoms with Crippen LogP contribution in [0.3, 0.4) is 0 Å². The van der Waals surface area contributed by atoms with Crippen molar-refractivity contribution in [3.8, 4) is 5.75 Å². The number of primary amides is 1. The van der Waals surface area contributed by atoms with Gasteiger partial charge in [-0.1, -0.05) is 12.1 Å². The minimum absolute atomic E-state index is 0.00544. The third kappa shape index (κ3) is 2.61. The predicted octanol–water partition coefficient (Wildman–Crippen LogP) is 0.496. The van der Waals surface area contributed by atoms with E-state index in [0.29, 0.717) is 13.0 Å². The van der Waals surface area contributed by atoms with E-state index in [0.717, 1.165) is 11.3 Å². The Morgan fingerprint density at radius 1 is 1.44 bits per heavy atom. The smallest absolute Gasteiger partial charge is 0.237 e. The van der Waals surface area contributed by atoms with Gasteiger partial charge in [0.2, 0.25) is 11.8 Å². The van der Waals surface area contributed by atoms with Crippen molar-refractivity contribution >= 4 is 11.8 Å². The molecule has 18 heavy (non-hydrogen) atoms. The van der Waals surface area contributed by atoms with Crippen LogP contribution in [-0.2, 0) is 9.59 Å². The van der Waals surface area contributed by atoms with Gasteiger partial charge >= 0.3 is 0 Å². The Labute approximate surface area is 106 Å². The molecule has 2 amide bonds. The molecule has 0 unspecified atom stereocenters. The average molecular weight is 248 g/mol. The van der Waals surface area contributed by atoms with Crippen LogP contribution in [0, 0.1) is 0 Å². The zero-order chi connectivity index (χ0) is 13.1. The molecule has 2 rings (SSSR count). The lowest BCUT2D eigenvalue weighted by Gasteiger charge is -2.14. The van der Waals surface area contributed by atoms with Gasteiger partial charge in [-0.15, -0.1) is 0 Å². The molecule has 1 saturated heterocycles. The summed E-state index contributed by atoms with van der Waals surface area (Å²) < 4.78 is 5.09. The molecule has 96 valence electrons. The summed E-state index contributed by atoms with van der Waals surface area (Å²) in [5.74, 6) is 0.424. The predicted molar refractivity (Wildman–Crippen MR) is 66.1 cm³/mol. The van der Waals surface area contributed by atoms with E-state index in [4.69, 9.17) is 10.5 Å². The Bertz CT molecular complexity index is 456. The van der Waals surface area contributed by atoms with Crippen LogP contribution in [0.5, 0.6) is 5.75 Å². The molecule has 1 heterocycles. The van der Waals surface area contributed by atoms with Crippen molar-refractivity contribution in [3.63, 3.8) is 0 Å². The molecule has 0 spiro atoms. The van der Waals surface area contributed by atoms with Gasteiger partial charge in [0, 0.05) is 18.9 Å². The molecule has 0 bridgehead atoms. The van der Waals surface area contributed by atoms with E-state index >= 15 is 0 Å². The Morgan fingerprint density at radius 3 is 2.67 bits per heavy atom. The van der Waals surface area contributed by atoms with Crippen molar-refractivity contribution in [1.82, 2.24) is 4.90 Å². The maximum absolute atomic E-state index is 11.7. The van der Waals surface area contributed by atoms with Gasteiger partial charge in [-0.3, -0.25) is 9.59 Å². The minimum Gasteiger partial charge on any atom is -0.497 e. The van der Waals surface area contributed by atoms with Gasteiger partial charge in [0.1, 0.15) is 5.75 Å². The molecule has 0 saturated carbocycles. The standard InChI is InChI=1S/C13H16N2O3/c1-18-11-4-2-9(3-5-11)10-6-13(17)15(7-10)8-12(14)16/h2-5,10H,6-8H2,1H3,(H2,14,16)/t10-/m0/s1. The van der Waals surface area contributed by atoms with E-state index in [2.05, 4.69) is 0 Å². The molecule has 0 aliphatic carbocycles. The van der Waals surface area contributed by atoms with Gasteiger partial charge < -0.3 is 15.4 Å². The molecule has 1 aliphatic heterocycles. The molecule has 1 atom stereocenters. The highest BCUT2D eigenvalue weighted by Gasteiger charge is 2.31. The third-order valence-corrected chi connectivity index (χ3v) is 3.15. The summed E-state index contributed by atoms with van der Waals surface area (Å²) in [5, 5.41) is 0. The molecule has 1 aromatic carbocycles. The topological polar surface area (TPSA) is 72.6 Å². The third-order valence-electron chi connectivity index (χ3n) is 3.15. The van der Waals surface area contributed by atoms with Gasteiger partial charge in [-0.25, -0.2) is 0 Å². The Kier molecular flexibility index (Phi) is 3.50. The van der Waals surface area contributed by atoms with Gasteiger partial charge in [-0.2, -0.15) is 0 Å². The fourth-order valence-electron chi connectivity index (χ4n) is 2.21. The number of carbonyl (C=O) groups excluding carboxylic acids is 2. The highest BCUT2D eigenvalue weighted by atomic mass is 16.5. The van der Waals surface area contributed by atoms with E-state index in [1.807, 2.05) is 24.3 Å². The largest absolute Gasteiger partial charge is 0.497 e. The van der Waals surface area contributed by atoms with Crippen molar-refractivity contribution in [2.75, 3.05) is 20.2 Å². The van der Waals surface area contributed by atoms with Gasteiger partial charge in [0.05, 0.1) is 13.7 Å². The van der Waals surface area contributed by atoms with Crippen molar-refractivity contribution in [2.24, 2.45) is 5.73 Å². The van der Waals surface area contributed by atoms with Crippen LogP contribution in [0.15, 0.2) is 24.3 Å². The van der Waals surface area contributed by atoms with E-state index in [-0.39, 0.29) is 18.4 Å². The van der Waals surface area contributed by atoms with Crippen LogP contribution in [-0.4, -0.2) is 36.9 Å². The molecule has 1 aliphatic rings. The zero-order valence-electron chi connectivity index (χ0n) is 10.3. The number of likely N-dealkylation sites (tertiary alicyclic amines) is 1. The first-order valence-corrected chi connectivity index (χ1v) is 5.80. The van der Waals surface area contributed by atoms with E-state index in [9.17, 15) is 9.59 Å². The second-order valence-corrected chi connectivity index (χ2v) is 4.41. The monoisotopic (exact) mass is 248 g/mol. The van der Waals surface area contributed by atoms with E-state index < -0.39 is 5.91 Å². The average Bonchev–Trinajstić information content (AvgIpc) is 2.70. The Balaban J connectivity index is 2.06. The normalized spacial score (nSPS) is 19.1. The highest BCUT2D eigenvalue weighted by Crippen LogP contribution is 2.28. The number of benzene rings is 1. The number of amides is 2. The first-order valence-electron chi connectivity index (χ1n) is 5.80. The SMILES string of the molecule is COc1ccc([C@H]2CC(=O)N(CC(N)=O)C2)cc1. The molecule has 1 fully saturated rings. The Hall–Kier alpha value is -2.04. The second kappa shape index (κ2) is 5.08. The molecule has 0 radical (unpaired) electrons. The molecule has 2 N–H and O–H groups in total. The van der Waals surface area contributed by atoms with Gasteiger partial charge in [0.25, 0.3) is 0 Å². The summed E-state index contributed by atoms with van der Waals surface area (Å²) in [7, 11) is 1.61.